The van der Waals surface area contributed by atoms with Crippen molar-refractivity contribution in [3.05, 3.63) is 24.2 Å². The fourth-order valence-electron chi connectivity index (χ4n) is 3.49. The number of hydrogen-bond acceptors (Lipinski definition) is 3. The Hall–Kier alpha value is -1.49. The number of nitrogens with one attached hydrogen (secondary N) is 1. The van der Waals surface area contributed by atoms with Gasteiger partial charge in [0.2, 0.25) is 0 Å². The summed E-state index contributed by atoms with van der Waals surface area (Å²) in [6, 6.07) is 3.57. The molecule has 0 amide bonds. The number of furan rings is 1. The second-order valence-electron chi connectivity index (χ2n) is 6.30. The SMILES string of the molecule is CCNC(=NCC(O)c1ccco1)N1CCC(C(CC)CC)C1. The van der Waals surface area contributed by atoms with Gasteiger partial charge in [0.05, 0.1) is 12.8 Å². The average Bonchev–Trinajstić information content (AvgIpc) is 3.24. The average molecular weight is 321 g/mol. The van der Waals surface area contributed by atoms with Crippen molar-refractivity contribution >= 4 is 5.96 Å². The van der Waals surface area contributed by atoms with Gasteiger partial charge in [-0.3, -0.25) is 0 Å². The van der Waals surface area contributed by atoms with Gasteiger partial charge in [-0.1, -0.05) is 26.7 Å². The highest BCUT2D eigenvalue weighted by molar-refractivity contribution is 5.80. The molecule has 2 rings (SSSR count). The van der Waals surface area contributed by atoms with Gasteiger partial charge in [0.25, 0.3) is 0 Å². The van der Waals surface area contributed by atoms with Gasteiger partial charge in [-0.15, -0.1) is 0 Å². The van der Waals surface area contributed by atoms with E-state index in [-0.39, 0.29) is 0 Å². The molecule has 2 heterocycles. The highest BCUT2D eigenvalue weighted by Crippen LogP contribution is 2.28. The zero-order valence-corrected chi connectivity index (χ0v) is 14.7. The van der Waals surface area contributed by atoms with Gasteiger partial charge in [-0.25, -0.2) is 4.99 Å². The Labute approximate surface area is 139 Å². The van der Waals surface area contributed by atoms with E-state index >= 15 is 0 Å². The van der Waals surface area contributed by atoms with Crippen LogP contribution in [-0.4, -0.2) is 42.1 Å². The van der Waals surface area contributed by atoms with Crippen LogP contribution in [0.1, 0.15) is 51.9 Å². The van der Waals surface area contributed by atoms with Crippen LogP contribution in [0.3, 0.4) is 0 Å². The Morgan fingerprint density at radius 2 is 2.22 bits per heavy atom. The minimum atomic E-state index is -0.684. The summed E-state index contributed by atoms with van der Waals surface area (Å²) in [7, 11) is 0. The fourth-order valence-corrected chi connectivity index (χ4v) is 3.49. The second kappa shape index (κ2) is 8.96. The molecule has 2 atom stereocenters. The van der Waals surface area contributed by atoms with Crippen molar-refractivity contribution in [3.8, 4) is 0 Å². The topological polar surface area (TPSA) is 61.0 Å². The Bertz CT molecular complexity index is 469. The molecular formula is C18H31N3O2. The van der Waals surface area contributed by atoms with Crippen LogP contribution in [0.5, 0.6) is 0 Å². The van der Waals surface area contributed by atoms with Gasteiger partial charge in [-0.2, -0.15) is 0 Å². The first kappa shape index (κ1) is 17.9. The molecule has 0 saturated carbocycles. The van der Waals surface area contributed by atoms with E-state index in [2.05, 4.69) is 36.0 Å². The van der Waals surface area contributed by atoms with Crippen LogP contribution in [0.25, 0.3) is 0 Å². The van der Waals surface area contributed by atoms with Crippen LogP contribution < -0.4 is 5.32 Å². The van der Waals surface area contributed by atoms with Crippen LogP contribution in [0.2, 0.25) is 0 Å². The summed E-state index contributed by atoms with van der Waals surface area (Å²) in [6.07, 6.45) is 4.63. The van der Waals surface area contributed by atoms with Crippen molar-refractivity contribution in [2.75, 3.05) is 26.2 Å². The van der Waals surface area contributed by atoms with Crippen molar-refractivity contribution in [2.24, 2.45) is 16.8 Å². The lowest BCUT2D eigenvalue weighted by molar-refractivity contribution is 0.158. The largest absolute Gasteiger partial charge is 0.467 e. The van der Waals surface area contributed by atoms with Gasteiger partial charge in [0.1, 0.15) is 11.9 Å². The van der Waals surface area contributed by atoms with Gasteiger partial charge in [0.15, 0.2) is 5.96 Å². The third kappa shape index (κ3) is 4.74. The lowest BCUT2D eigenvalue weighted by atomic mass is 9.87. The van der Waals surface area contributed by atoms with Crippen molar-refractivity contribution in [3.63, 3.8) is 0 Å². The maximum atomic E-state index is 10.1. The monoisotopic (exact) mass is 321 g/mol. The third-order valence-corrected chi connectivity index (χ3v) is 4.86. The number of aliphatic imine (C=N–C) groups is 1. The molecule has 5 heteroatoms. The summed E-state index contributed by atoms with van der Waals surface area (Å²) in [5, 5.41) is 13.5. The molecule has 1 aromatic heterocycles. The Kier molecular flexibility index (Phi) is 6.96. The Morgan fingerprint density at radius 3 is 2.83 bits per heavy atom. The van der Waals surface area contributed by atoms with Crippen molar-refractivity contribution < 1.29 is 9.52 Å². The molecule has 2 N–H and O–H groups in total. The molecule has 23 heavy (non-hydrogen) atoms. The van der Waals surface area contributed by atoms with Gasteiger partial charge >= 0.3 is 0 Å². The number of hydrogen-bond donors (Lipinski definition) is 2. The van der Waals surface area contributed by atoms with Crippen molar-refractivity contribution in [2.45, 2.75) is 46.1 Å². The molecule has 1 aliphatic heterocycles. The normalized spacial score (nSPS) is 20.3. The summed E-state index contributed by atoms with van der Waals surface area (Å²) < 4.78 is 5.24. The van der Waals surface area contributed by atoms with Crippen LogP contribution in [0.15, 0.2) is 27.8 Å². The van der Waals surface area contributed by atoms with E-state index in [0.29, 0.717) is 12.3 Å². The summed E-state index contributed by atoms with van der Waals surface area (Å²) in [6.45, 7) is 9.92. The van der Waals surface area contributed by atoms with E-state index in [1.54, 1.807) is 18.4 Å². The molecule has 130 valence electrons. The Balaban J connectivity index is 1.96. The first-order chi connectivity index (χ1) is 11.2. The number of rotatable bonds is 7. The van der Waals surface area contributed by atoms with Gasteiger partial charge in [-0.05, 0) is 37.3 Å². The van der Waals surface area contributed by atoms with Crippen molar-refractivity contribution in [1.82, 2.24) is 10.2 Å². The predicted molar refractivity (Wildman–Crippen MR) is 93.4 cm³/mol. The maximum Gasteiger partial charge on any atom is 0.194 e. The number of nitrogens with zero attached hydrogens (tertiary/aromatic N) is 2. The Morgan fingerprint density at radius 1 is 1.43 bits per heavy atom. The molecule has 1 fully saturated rings. The van der Waals surface area contributed by atoms with E-state index in [9.17, 15) is 5.11 Å². The number of likely N-dealkylation sites (tertiary alicyclic amines) is 1. The highest BCUT2D eigenvalue weighted by Gasteiger charge is 2.29. The molecular weight excluding hydrogens is 290 g/mol. The number of guanidine groups is 1. The molecule has 0 spiro atoms. The molecule has 1 aliphatic rings. The maximum absolute atomic E-state index is 10.1. The minimum absolute atomic E-state index is 0.321. The van der Waals surface area contributed by atoms with Crippen LogP contribution in [0, 0.1) is 11.8 Å². The zero-order valence-electron chi connectivity index (χ0n) is 14.7. The summed E-state index contributed by atoms with van der Waals surface area (Å²) in [5.74, 6) is 3.04. The van der Waals surface area contributed by atoms with Crippen LogP contribution >= 0.6 is 0 Å². The van der Waals surface area contributed by atoms with E-state index in [0.717, 1.165) is 37.4 Å². The van der Waals surface area contributed by atoms with Gasteiger partial charge < -0.3 is 19.7 Å². The van der Waals surface area contributed by atoms with E-state index in [1.807, 2.05) is 0 Å². The fraction of sp³-hybridized carbons (Fsp3) is 0.722. The first-order valence-electron chi connectivity index (χ1n) is 8.94. The number of aliphatic hydroxyl groups is 1. The minimum Gasteiger partial charge on any atom is -0.467 e. The molecule has 0 aromatic carbocycles. The van der Waals surface area contributed by atoms with Crippen molar-refractivity contribution in [1.29, 1.82) is 0 Å². The van der Waals surface area contributed by atoms with Crippen LogP contribution in [-0.2, 0) is 0 Å². The molecule has 0 aliphatic carbocycles. The summed E-state index contributed by atoms with van der Waals surface area (Å²) in [5.41, 5.74) is 0. The second-order valence-corrected chi connectivity index (χ2v) is 6.30. The van der Waals surface area contributed by atoms with E-state index in [4.69, 9.17) is 4.42 Å². The molecule has 1 aromatic rings. The quantitative estimate of drug-likeness (QED) is 0.598. The standard InChI is InChI=1S/C18H31N3O2/c1-4-14(5-2)15-9-10-21(13-15)18(19-6-3)20-12-16(22)17-8-7-11-23-17/h7-8,11,14-16,22H,4-6,9-10,12-13H2,1-3H3,(H,19,20). The van der Waals surface area contributed by atoms with E-state index < -0.39 is 6.10 Å². The molecule has 0 bridgehead atoms. The molecule has 2 unspecified atom stereocenters. The molecule has 1 saturated heterocycles. The lowest BCUT2D eigenvalue weighted by Gasteiger charge is -2.24. The zero-order chi connectivity index (χ0) is 16.7. The summed E-state index contributed by atoms with van der Waals surface area (Å²) in [4.78, 5) is 6.95. The molecule has 0 radical (unpaired) electrons. The highest BCUT2D eigenvalue weighted by atomic mass is 16.4. The van der Waals surface area contributed by atoms with Gasteiger partial charge in [0, 0.05) is 19.6 Å². The first-order valence-corrected chi connectivity index (χ1v) is 8.94. The van der Waals surface area contributed by atoms with Crippen LogP contribution in [0.4, 0.5) is 0 Å². The predicted octanol–water partition coefficient (Wildman–Crippen LogP) is 3.04. The third-order valence-electron chi connectivity index (χ3n) is 4.86. The van der Waals surface area contributed by atoms with E-state index in [1.165, 1.54) is 19.3 Å². The lowest BCUT2D eigenvalue weighted by Crippen LogP contribution is -2.40. The number of aliphatic hydroxyl groups excluding tert-OH is 1. The smallest absolute Gasteiger partial charge is 0.194 e. The summed E-state index contributed by atoms with van der Waals surface area (Å²) >= 11 is 0. The molecule has 5 nitrogen and oxygen atoms in total.